The van der Waals surface area contributed by atoms with Crippen LogP contribution in [0.15, 0.2) is 30.8 Å². The highest BCUT2D eigenvalue weighted by molar-refractivity contribution is 5.47. The molecule has 0 aliphatic rings. The van der Waals surface area contributed by atoms with Crippen LogP contribution in [0, 0.1) is 0 Å². The van der Waals surface area contributed by atoms with Crippen LogP contribution in [-0.4, -0.2) is 0 Å². The molecule has 0 N–H and O–H groups in total. The van der Waals surface area contributed by atoms with Gasteiger partial charge >= 0.3 is 0 Å². The first-order valence-electron chi connectivity index (χ1n) is 5.08. The minimum absolute atomic E-state index is 1.20. The quantitative estimate of drug-likeness (QED) is 0.590. The van der Waals surface area contributed by atoms with Gasteiger partial charge in [-0.1, -0.05) is 56.7 Å². The second-order valence-electron chi connectivity index (χ2n) is 3.41. The van der Waals surface area contributed by atoms with Crippen molar-refractivity contribution in [2.45, 2.75) is 32.6 Å². The van der Waals surface area contributed by atoms with E-state index >= 15 is 0 Å². The molecular weight excluding hydrogens is 156 g/mol. The molecule has 70 valence electrons. The lowest BCUT2D eigenvalue weighted by Gasteiger charge is -2.01. The van der Waals surface area contributed by atoms with E-state index in [1.165, 1.54) is 36.8 Å². The van der Waals surface area contributed by atoms with Crippen molar-refractivity contribution in [2.24, 2.45) is 0 Å². The van der Waals surface area contributed by atoms with E-state index in [2.05, 4.69) is 37.8 Å². The Hall–Kier alpha value is -1.04. The van der Waals surface area contributed by atoms with Crippen LogP contribution in [0.4, 0.5) is 0 Å². The maximum Gasteiger partial charge on any atom is -0.0260 e. The Morgan fingerprint density at radius 3 is 2.85 bits per heavy atom. The molecule has 1 aromatic rings. The van der Waals surface area contributed by atoms with E-state index < -0.39 is 0 Å². The number of hydrogen-bond acceptors (Lipinski definition) is 0. The first kappa shape index (κ1) is 10.0. The highest BCUT2D eigenvalue weighted by Gasteiger charge is 1.93. The summed E-state index contributed by atoms with van der Waals surface area (Å²) in [5.41, 5.74) is 2.67. The standard InChI is InChI=1S/C13H18/c1-3-5-6-8-13-10-7-9-12(4-2)11-13/h4,7,9-11H,2-3,5-6,8H2,1H3. The molecule has 0 unspecified atom stereocenters. The number of unbranched alkanes of at least 4 members (excludes halogenated alkanes) is 2. The van der Waals surface area contributed by atoms with Crippen molar-refractivity contribution >= 4 is 6.08 Å². The van der Waals surface area contributed by atoms with Crippen LogP contribution in [0.3, 0.4) is 0 Å². The lowest BCUT2D eigenvalue weighted by molar-refractivity contribution is 0.717. The van der Waals surface area contributed by atoms with E-state index in [1.54, 1.807) is 0 Å². The van der Waals surface area contributed by atoms with Gasteiger partial charge in [0, 0.05) is 0 Å². The molecule has 1 aromatic carbocycles. The van der Waals surface area contributed by atoms with E-state index in [4.69, 9.17) is 0 Å². The predicted octanol–water partition coefficient (Wildman–Crippen LogP) is 4.06. The average molecular weight is 174 g/mol. The smallest absolute Gasteiger partial charge is 0.0260 e. The van der Waals surface area contributed by atoms with Gasteiger partial charge in [-0.25, -0.2) is 0 Å². The van der Waals surface area contributed by atoms with E-state index in [0.717, 1.165) is 0 Å². The van der Waals surface area contributed by atoms with Gasteiger partial charge in [0.05, 0.1) is 0 Å². The highest BCUT2D eigenvalue weighted by atomic mass is 14.0. The second-order valence-corrected chi connectivity index (χ2v) is 3.41. The molecule has 0 saturated carbocycles. The number of hydrogen-bond donors (Lipinski definition) is 0. The molecular formula is C13H18. The third kappa shape index (κ3) is 3.45. The minimum atomic E-state index is 1.20. The summed E-state index contributed by atoms with van der Waals surface area (Å²) < 4.78 is 0. The Balaban J connectivity index is 2.51. The van der Waals surface area contributed by atoms with Gasteiger partial charge in [-0.2, -0.15) is 0 Å². The van der Waals surface area contributed by atoms with Gasteiger partial charge < -0.3 is 0 Å². The summed E-state index contributed by atoms with van der Waals surface area (Å²) in [6.07, 6.45) is 7.04. The molecule has 0 aromatic heterocycles. The summed E-state index contributed by atoms with van der Waals surface area (Å²) in [6.45, 7) is 6.00. The van der Waals surface area contributed by atoms with Crippen molar-refractivity contribution in [2.75, 3.05) is 0 Å². The van der Waals surface area contributed by atoms with Crippen LogP contribution in [-0.2, 0) is 6.42 Å². The van der Waals surface area contributed by atoms with Crippen molar-refractivity contribution in [3.05, 3.63) is 42.0 Å². The lowest BCUT2D eigenvalue weighted by Crippen LogP contribution is -1.85. The Labute approximate surface area is 81.3 Å². The first-order valence-corrected chi connectivity index (χ1v) is 5.08. The third-order valence-corrected chi connectivity index (χ3v) is 2.26. The molecule has 0 radical (unpaired) electrons. The van der Waals surface area contributed by atoms with Gasteiger partial charge in [-0.3, -0.25) is 0 Å². The Kier molecular flexibility index (Phi) is 4.31. The van der Waals surface area contributed by atoms with Crippen molar-refractivity contribution in [1.82, 2.24) is 0 Å². The predicted molar refractivity (Wildman–Crippen MR) is 59.8 cm³/mol. The maximum absolute atomic E-state index is 3.77. The summed E-state index contributed by atoms with van der Waals surface area (Å²) in [5, 5.41) is 0. The molecule has 13 heavy (non-hydrogen) atoms. The number of aryl methyl sites for hydroxylation is 1. The van der Waals surface area contributed by atoms with E-state index in [0.29, 0.717) is 0 Å². The number of benzene rings is 1. The second kappa shape index (κ2) is 5.58. The fourth-order valence-electron chi connectivity index (χ4n) is 1.45. The van der Waals surface area contributed by atoms with Crippen LogP contribution in [0.2, 0.25) is 0 Å². The van der Waals surface area contributed by atoms with E-state index in [-0.39, 0.29) is 0 Å². The Bertz CT molecular complexity index is 260. The molecule has 0 nitrogen and oxygen atoms in total. The van der Waals surface area contributed by atoms with Crippen molar-refractivity contribution in [3.8, 4) is 0 Å². The first-order chi connectivity index (χ1) is 6.36. The molecule has 0 heterocycles. The van der Waals surface area contributed by atoms with Gasteiger partial charge in [0.2, 0.25) is 0 Å². The van der Waals surface area contributed by atoms with Gasteiger partial charge in [0.1, 0.15) is 0 Å². The molecule has 0 fully saturated rings. The average Bonchev–Trinajstić information content (AvgIpc) is 2.19. The topological polar surface area (TPSA) is 0 Å². The van der Waals surface area contributed by atoms with Gasteiger partial charge in [0.15, 0.2) is 0 Å². The minimum Gasteiger partial charge on any atom is -0.0985 e. The lowest BCUT2D eigenvalue weighted by atomic mass is 10.0. The molecule has 1 rings (SSSR count). The molecule has 0 atom stereocenters. The SMILES string of the molecule is C=Cc1cccc(CCCCC)c1. The molecule has 0 aliphatic heterocycles. The van der Waals surface area contributed by atoms with Crippen molar-refractivity contribution < 1.29 is 0 Å². The largest absolute Gasteiger partial charge is 0.0985 e. The zero-order chi connectivity index (χ0) is 9.52. The summed E-state index contributed by atoms with van der Waals surface area (Å²) in [6, 6.07) is 8.62. The van der Waals surface area contributed by atoms with Crippen LogP contribution in [0.5, 0.6) is 0 Å². The summed E-state index contributed by atoms with van der Waals surface area (Å²) in [5.74, 6) is 0. The van der Waals surface area contributed by atoms with Crippen molar-refractivity contribution in [1.29, 1.82) is 0 Å². The summed E-state index contributed by atoms with van der Waals surface area (Å²) >= 11 is 0. The maximum atomic E-state index is 3.77. The van der Waals surface area contributed by atoms with Gasteiger partial charge in [-0.05, 0) is 24.0 Å². The Morgan fingerprint density at radius 1 is 1.31 bits per heavy atom. The molecule has 0 amide bonds. The fourth-order valence-corrected chi connectivity index (χ4v) is 1.45. The van der Waals surface area contributed by atoms with Crippen LogP contribution in [0.1, 0.15) is 37.3 Å². The molecule has 0 bridgehead atoms. The molecule has 0 aliphatic carbocycles. The van der Waals surface area contributed by atoms with Crippen LogP contribution < -0.4 is 0 Å². The fraction of sp³-hybridized carbons (Fsp3) is 0.385. The molecule has 0 saturated heterocycles. The number of rotatable bonds is 5. The van der Waals surface area contributed by atoms with Crippen LogP contribution >= 0.6 is 0 Å². The van der Waals surface area contributed by atoms with Crippen molar-refractivity contribution in [3.63, 3.8) is 0 Å². The Morgan fingerprint density at radius 2 is 2.15 bits per heavy atom. The summed E-state index contributed by atoms with van der Waals surface area (Å²) in [4.78, 5) is 0. The zero-order valence-electron chi connectivity index (χ0n) is 8.42. The van der Waals surface area contributed by atoms with Crippen LogP contribution in [0.25, 0.3) is 6.08 Å². The molecule has 0 heteroatoms. The normalized spacial score (nSPS) is 9.92. The highest BCUT2D eigenvalue weighted by Crippen LogP contribution is 2.10. The summed E-state index contributed by atoms with van der Waals surface area (Å²) in [7, 11) is 0. The monoisotopic (exact) mass is 174 g/mol. The van der Waals surface area contributed by atoms with Gasteiger partial charge in [0.25, 0.3) is 0 Å². The van der Waals surface area contributed by atoms with Gasteiger partial charge in [-0.15, -0.1) is 0 Å². The third-order valence-electron chi connectivity index (χ3n) is 2.26. The molecule has 0 spiro atoms. The van der Waals surface area contributed by atoms with E-state index in [1.807, 2.05) is 6.08 Å². The zero-order valence-corrected chi connectivity index (χ0v) is 8.42. The van der Waals surface area contributed by atoms with E-state index in [9.17, 15) is 0 Å².